The minimum absolute atomic E-state index is 0.0543. The lowest BCUT2D eigenvalue weighted by atomic mass is 10.0. The molecular formula is C15H19NOS. The van der Waals surface area contributed by atoms with Gasteiger partial charge < -0.3 is 5.32 Å². The highest BCUT2D eigenvalue weighted by molar-refractivity contribution is 8.13. The zero-order chi connectivity index (χ0) is 13.4. The highest BCUT2D eigenvalue weighted by Gasteiger charge is 2.05. The summed E-state index contributed by atoms with van der Waals surface area (Å²) < 4.78 is 0. The van der Waals surface area contributed by atoms with Crippen LogP contribution in [-0.4, -0.2) is 11.8 Å². The van der Waals surface area contributed by atoms with E-state index in [0.29, 0.717) is 12.5 Å². The number of carbonyl (C=O) groups excluding carboxylic acids is 1. The fourth-order valence-corrected chi connectivity index (χ4v) is 2.08. The van der Waals surface area contributed by atoms with E-state index in [1.807, 2.05) is 19.1 Å². The Bertz CT molecular complexity index is 457. The van der Waals surface area contributed by atoms with Crippen LogP contribution in [0.2, 0.25) is 0 Å². The molecule has 1 amide bonds. The summed E-state index contributed by atoms with van der Waals surface area (Å²) in [5, 5.41) is 2.71. The summed E-state index contributed by atoms with van der Waals surface area (Å²) in [5.41, 5.74) is 1.25. The van der Waals surface area contributed by atoms with Crippen LogP contribution in [0.25, 0.3) is 0 Å². The van der Waals surface area contributed by atoms with Gasteiger partial charge in [0, 0.05) is 11.3 Å². The molecule has 0 unspecified atom stereocenters. The van der Waals surface area contributed by atoms with Crippen molar-refractivity contribution in [1.82, 2.24) is 5.32 Å². The smallest absolute Gasteiger partial charge is 0.284 e. The highest BCUT2D eigenvalue weighted by atomic mass is 32.2. The van der Waals surface area contributed by atoms with E-state index < -0.39 is 0 Å². The van der Waals surface area contributed by atoms with Crippen LogP contribution in [0.5, 0.6) is 0 Å². The zero-order valence-corrected chi connectivity index (χ0v) is 11.9. The molecule has 96 valence electrons. The Hall–Kier alpha value is -1.40. The molecule has 1 aromatic carbocycles. The van der Waals surface area contributed by atoms with Crippen LogP contribution in [0.4, 0.5) is 4.79 Å². The number of nitrogens with one attached hydrogen (secondary N) is 1. The number of carbonyl (C=O) groups is 1. The molecule has 0 heterocycles. The minimum atomic E-state index is -0.0543. The third-order valence-corrected chi connectivity index (χ3v) is 3.18. The third kappa shape index (κ3) is 5.29. The fraction of sp³-hybridized carbons (Fsp3) is 0.400. The third-order valence-electron chi connectivity index (χ3n) is 2.36. The van der Waals surface area contributed by atoms with E-state index in [1.165, 1.54) is 17.3 Å². The van der Waals surface area contributed by atoms with Crippen molar-refractivity contribution in [2.75, 3.05) is 6.54 Å². The molecule has 0 fully saturated rings. The first-order chi connectivity index (χ1) is 8.63. The van der Waals surface area contributed by atoms with Gasteiger partial charge in [0.1, 0.15) is 0 Å². The predicted octanol–water partition coefficient (Wildman–Crippen LogP) is 4.03. The van der Waals surface area contributed by atoms with E-state index >= 15 is 0 Å². The molecule has 1 rings (SSSR count). The van der Waals surface area contributed by atoms with Crippen molar-refractivity contribution in [3.05, 3.63) is 29.8 Å². The lowest BCUT2D eigenvalue weighted by Crippen LogP contribution is -2.18. The van der Waals surface area contributed by atoms with Crippen LogP contribution in [0.15, 0.2) is 29.2 Å². The van der Waals surface area contributed by atoms with Crippen molar-refractivity contribution in [3.8, 4) is 11.8 Å². The Kier molecular flexibility index (Phi) is 6.38. The SMILES string of the molecule is CCC#CCNC(=O)Sc1cccc(C(C)C)c1. The number of benzene rings is 1. The van der Waals surface area contributed by atoms with Gasteiger partial charge in [-0.25, -0.2) is 0 Å². The van der Waals surface area contributed by atoms with E-state index in [4.69, 9.17) is 0 Å². The summed E-state index contributed by atoms with van der Waals surface area (Å²) in [6.07, 6.45) is 0.819. The molecule has 3 heteroatoms. The number of hydrogen-bond acceptors (Lipinski definition) is 2. The summed E-state index contributed by atoms with van der Waals surface area (Å²) in [4.78, 5) is 12.6. The van der Waals surface area contributed by atoms with Crippen molar-refractivity contribution >= 4 is 17.0 Å². The van der Waals surface area contributed by atoms with Gasteiger partial charge in [0.05, 0.1) is 6.54 Å². The van der Waals surface area contributed by atoms with Gasteiger partial charge in [-0.3, -0.25) is 4.79 Å². The Balaban J connectivity index is 2.51. The number of hydrogen-bond donors (Lipinski definition) is 1. The molecule has 0 aliphatic carbocycles. The summed E-state index contributed by atoms with van der Waals surface area (Å²) in [6.45, 7) is 6.69. The fourth-order valence-electron chi connectivity index (χ4n) is 1.38. The number of rotatable bonds is 3. The van der Waals surface area contributed by atoms with Crippen LogP contribution in [0, 0.1) is 11.8 Å². The second-order valence-corrected chi connectivity index (χ2v) is 5.22. The quantitative estimate of drug-likeness (QED) is 0.657. The molecule has 0 aliphatic rings. The first-order valence-electron chi connectivity index (χ1n) is 6.14. The maximum atomic E-state index is 11.6. The maximum Gasteiger partial charge on any atom is 0.284 e. The van der Waals surface area contributed by atoms with Gasteiger partial charge in [0.25, 0.3) is 5.24 Å². The van der Waals surface area contributed by atoms with Crippen LogP contribution < -0.4 is 5.32 Å². The number of thioether (sulfide) groups is 1. The van der Waals surface area contributed by atoms with Gasteiger partial charge >= 0.3 is 0 Å². The van der Waals surface area contributed by atoms with E-state index in [9.17, 15) is 4.79 Å². The van der Waals surface area contributed by atoms with Crippen molar-refractivity contribution in [2.24, 2.45) is 0 Å². The minimum Gasteiger partial charge on any atom is -0.336 e. The lowest BCUT2D eigenvalue weighted by molar-refractivity contribution is 0.261. The molecule has 18 heavy (non-hydrogen) atoms. The van der Waals surface area contributed by atoms with Crippen LogP contribution in [-0.2, 0) is 0 Å². The summed E-state index contributed by atoms with van der Waals surface area (Å²) in [5.74, 6) is 6.28. The molecule has 0 aromatic heterocycles. The Morgan fingerprint density at radius 1 is 1.39 bits per heavy atom. The Morgan fingerprint density at radius 3 is 2.83 bits per heavy atom. The average Bonchev–Trinajstić information content (AvgIpc) is 2.35. The molecule has 1 N–H and O–H groups in total. The normalized spacial score (nSPS) is 9.78. The van der Waals surface area contributed by atoms with Crippen LogP contribution in [0.3, 0.4) is 0 Å². The molecular weight excluding hydrogens is 242 g/mol. The van der Waals surface area contributed by atoms with Crippen molar-refractivity contribution in [1.29, 1.82) is 0 Å². The van der Waals surface area contributed by atoms with E-state index in [2.05, 4.69) is 43.1 Å². The highest BCUT2D eigenvalue weighted by Crippen LogP contribution is 2.23. The Labute approximate surface area is 114 Å². The molecule has 0 atom stereocenters. The molecule has 0 radical (unpaired) electrons. The Morgan fingerprint density at radius 2 is 2.17 bits per heavy atom. The van der Waals surface area contributed by atoms with Crippen LogP contribution in [0.1, 0.15) is 38.7 Å². The standard InChI is InChI=1S/C15H19NOS/c1-4-5-6-10-16-15(17)18-14-9-7-8-13(11-14)12(2)3/h7-9,11-12H,4,10H2,1-3H3,(H,16,17). The van der Waals surface area contributed by atoms with E-state index in [0.717, 1.165) is 11.3 Å². The van der Waals surface area contributed by atoms with Crippen molar-refractivity contribution < 1.29 is 4.79 Å². The summed E-state index contributed by atoms with van der Waals surface area (Å²) >= 11 is 1.22. The topological polar surface area (TPSA) is 29.1 Å². The van der Waals surface area contributed by atoms with Gasteiger partial charge in [-0.15, -0.1) is 5.92 Å². The monoisotopic (exact) mass is 261 g/mol. The first kappa shape index (κ1) is 14.7. The maximum absolute atomic E-state index is 11.6. The second-order valence-electron chi connectivity index (χ2n) is 4.18. The molecule has 0 aliphatic heterocycles. The van der Waals surface area contributed by atoms with Crippen molar-refractivity contribution in [2.45, 2.75) is 38.0 Å². The zero-order valence-electron chi connectivity index (χ0n) is 11.1. The first-order valence-corrected chi connectivity index (χ1v) is 6.96. The van der Waals surface area contributed by atoms with Gasteiger partial charge in [0.2, 0.25) is 0 Å². The molecule has 2 nitrogen and oxygen atoms in total. The molecule has 1 aromatic rings. The van der Waals surface area contributed by atoms with Crippen molar-refractivity contribution in [3.63, 3.8) is 0 Å². The average molecular weight is 261 g/mol. The van der Waals surface area contributed by atoms with Gasteiger partial charge in [-0.2, -0.15) is 0 Å². The van der Waals surface area contributed by atoms with E-state index in [-0.39, 0.29) is 5.24 Å². The predicted molar refractivity (Wildman–Crippen MR) is 77.9 cm³/mol. The van der Waals surface area contributed by atoms with E-state index in [1.54, 1.807) is 0 Å². The molecule has 0 bridgehead atoms. The van der Waals surface area contributed by atoms with Crippen LogP contribution >= 0.6 is 11.8 Å². The molecule has 0 saturated carbocycles. The second kappa shape index (κ2) is 7.84. The van der Waals surface area contributed by atoms with Gasteiger partial charge in [-0.05, 0) is 35.4 Å². The summed E-state index contributed by atoms with van der Waals surface area (Å²) in [6, 6.07) is 8.08. The molecule has 0 spiro atoms. The number of amides is 1. The van der Waals surface area contributed by atoms with Gasteiger partial charge in [-0.1, -0.05) is 38.8 Å². The van der Waals surface area contributed by atoms with Gasteiger partial charge in [0.15, 0.2) is 0 Å². The lowest BCUT2D eigenvalue weighted by Gasteiger charge is -2.07. The largest absolute Gasteiger partial charge is 0.336 e. The molecule has 0 saturated heterocycles. The summed E-state index contributed by atoms with van der Waals surface area (Å²) in [7, 11) is 0.